The number of hydrogen-bond donors (Lipinski definition) is 1. The van der Waals surface area contributed by atoms with Crippen LogP contribution in [0.4, 0.5) is 4.39 Å². The number of rotatable bonds is 2. The van der Waals surface area contributed by atoms with E-state index in [0.717, 1.165) is 25.9 Å². The standard InChI is InChI=1S/C13H17FN2O.ClH/c1-16(10-5-4-8-15-9-10)13(17)11-6-2-3-7-12(11)14;/h2-3,6-7,10,15H,4-5,8-9H2,1H3;1H. The van der Waals surface area contributed by atoms with E-state index in [2.05, 4.69) is 5.32 Å². The molecule has 1 saturated heterocycles. The van der Waals surface area contributed by atoms with Crippen molar-refractivity contribution in [2.75, 3.05) is 20.1 Å². The van der Waals surface area contributed by atoms with Crippen molar-refractivity contribution in [3.63, 3.8) is 0 Å². The normalized spacial score (nSPS) is 18.9. The highest BCUT2D eigenvalue weighted by Gasteiger charge is 2.24. The Morgan fingerprint density at radius 1 is 1.44 bits per heavy atom. The number of benzene rings is 1. The predicted molar refractivity (Wildman–Crippen MR) is 71.6 cm³/mol. The Bertz CT molecular complexity index is 408. The fourth-order valence-electron chi connectivity index (χ4n) is 2.15. The Labute approximate surface area is 113 Å². The van der Waals surface area contributed by atoms with Gasteiger partial charge in [0.05, 0.1) is 5.56 Å². The van der Waals surface area contributed by atoms with E-state index in [1.54, 1.807) is 24.1 Å². The van der Waals surface area contributed by atoms with Crippen molar-refractivity contribution in [3.8, 4) is 0 Å². The molecule has 0 spiro atoms. The largest absolute Gasteiger partial charge is 0.337 e. The van der Waals surface area contributed by atoms with Gasteiger partial charge in [-0.1, -0.05) is 12.1 Å². The highest BCUT2D eigenvalue weighted by Crippen LogP contribution is 2.14. The Morgan fingerprint density at radius 3 is 2.78 bits per heavy atom. The molecule has 0 aromatic heterocycles. The first kappa shape index (κ1) is 14.9. The highest BCUT2D eigenvalue weighted by atomic mass is 35.5. The van der Waals surface area contributed by atoms with Crippen LogP contribution in [-0.2, 0) is 0 Å². The average molecular weight is 273 g/mol. The molecule has 1 fully saturated rings. The van der Waals surface area contributed by atoms with Crippen molar-refractivity contribution in [3.05, 3.63) is 35.6 Å². The van der Waals surface area contributed by atoms with Crippen LogP contribution in [0, 0.1) is 5.82 Å². The van der Waals surface area contributed by atoms with Crippen molar-refractivity contribution < 1.29 is 9.18 Å². The number of carbonyl (C=O) groups is 1. The first-order valence-corrected chi connectivity index (χ1v) is 5.92. The zero-order valence-electron chi connectivity index (χ0n) is 10.4. The third-order valence-corrected chi connectivity index (χ3v) is 3.24. The van der Waals surface area contributed by atoms with Gasteiger partial charge in [-0.05, 0) is 31.5 Å². The lowest BCUT2D eigenvalue weighted by Gasteiger charge is -2.31. The van der Waals surface area contributed by atoms with Gasteiger partial charge < -0.3 is 10.2 Å². The molecular weight excluding hydrogens is 255 g/mol. The van der Waals surface area contributed by atoms with Crippen molar-refractivity contribution >= 4 is 18.3 Å². The van der Waals surface area contributed by atoms with Crippen LogP contribution < -0.4 is 5.32 Å². The van der Waals surface area contributed by atoms with Gasteiger partial charge in [-0.2, -0.15) is 0 Å². The molecule has 2 rings (SSSR count). The molecule has 0 radical (unpaired) electrons. The summed E-state index contributed by atoms with van der Waals surface area (Å²) < 4.78 is 13.5. The summed E-state index contributed by atoms with van der Waals surface area (Å²) in [7, 11) is 1.74. The van der Waals surface area contributed by atoms with Crippen molar-refractivity contribution in [2.45, 2.75) is 18.9 Å². The summed E-state index contributed by atoms with van der Waals surface area (Å²) in [6.45, 7) is 1.79. The van der Waals surface area contributed by atoms with Crippen LogP contribution >= 0.6 is 12.4 Å². The number of carbonyl (C=O) groups excluding carboxylic acids is 1. The molecule has 1 heterocycles. The number of hydrogen-bond acceptors (Lipinski definition) is 2. The second-order valence-electron chi connectivity index (χ2n) is 4.40. The summed E-state index contributed by atoms with van der Waals surface area (Å²) in [4.78, 5) is 13.8. The van der Waals surface area contributed by atoms with E-state index in [9.17, 15) is 9.18 Å². The summed E-state index contributed by atoms with van der Waals surface area (Å²) in [5.41, 5.74) is 0.153. The molecule has 0 bridgehead atoms. The minimum Gasteiger partial charge on any atom is -0.337 e. The van der Waals surface area contributed by atoms with Crippen LogP contribution in [0.25, 0.3) is 0 Å². The predicted octanol–water partition coefficient (Wildman–Crippen LogP) is 2.07. The quantitative estimate of drug-likeness (QED) is 0.894. The summed E-state index contributed by atoms with van der Waals surface area (Å²) in [5, 5.41) is 3.25. The molecule has 18 heavy (non-hydrogen) atoms. The number of amides is 1. The Kier molecular flexibility index (Phi) is 5.56. The molecule has 1 aromatic rings. The third-order valence-electron chi connectivity index (χ3n) is 3.24. The maximum absolute atomic E-state index is 13.5. The maximum Gasteiger partial charge on any atom is 0.256 e. The van der Waals surface area contributed by atoms with Crippen LogP contribution in [-0.4, -0.2) is 37.0 Å². The second-order valence-corrected chi connectivity index (χ2v) is 4.40. The summed E-state index contributed by atoms with van der Waals surface area (Å²) in [5.74, 6) is -0.690. The first-order valence-electron chi connectivity index (χ1n) is 5.92. The smallest absolute Gasteiger partial charge is 0.256 e. The summed E-state index contributed by atoms with van der Waals surface area (Å²) in [6.07, 6.45) is 2.03. The van der Waals surface area contributed by atoms with Gasteiger partial charge >= 0.3 is 0 Å². The number of likely N-dealkylation sites (N-methyl/N-ethyl adjacent to an activating group) is 1. The molecule has 0 saturated carbocycles. The molecule has 1 aromatic carbocycles. The van der Waals surface area contributed by atoms with Gasteiger partial charge in [0.1, 0.15) is 5.82 Å². The zero-order chi connectivity index (χ0) is 12.3. The van der Waals surface area contributed by atoms with Gasteiger partial charge in [0.15, 0.2) is 0 Å². The monoisotopic (exact) mass is 272 g/mol. The molecule has 1 atom stereocenters. The number of halogens is 2. The van der Waals surface area contributed by atoms with E-state index < -0.39 is 5.82 Å². The summed E-state index contributed by atoms with van der Waals surface area (Å²) in [6, 6.07) is 6.29. The molecule has 3 nitrogen and oxygen atoms in total. The molecular formula is C13H18ClFN2O. The molecule has 1 amide bonds. The molecule has 1 aliphatic rings. The van der Waals surface area contributed by atoms with E-state index in [-0.39, 0.29) is 29.9 Å². The fourth-order valence-corrected chi connectivity index (χ4v) is 2.15. The van der Waals surface area contributed by atoms with Crippen LogP contribution in [0.2, 0.25) is 0 Å². The maximum atomic E-state index is 13.5. The summed E-state index contributed by atoms with van der Waals surface area (Å²) >= 11 is 0. The molecule has 1 unspecified atom stereocenters. The minimum absolute atomic E-state index is 0. The second kappa shape index (κ2) is 6.71. The molecule has 5 heteroatoms. The first-order chi connectivity index (χ1) is 8.20. The lowest BCUT2D eigenvalue weighted by Crippen LogP contribution is -2.46. The van der Waals surface area contributed by atoms with Gasteiger partial charge in [0.25, 0.3) is 5.91 Å². The Balaban J connectivity index is 0.00000162. The Hall–Kier alpha value is -1.13. The van der Waals surface area contributed by atoms with E-state index in [0.29, 0.717) is 0 Å². The van der Waals surface area contributed by atoms with Crippen molar-refractivity contribution in [1.29, 1.82) is 0 Å². The molecule has 100 valence electrons. The average Bonchev–Trinajstić information content (AvgIpc) is 2.39. The van der Waals surface area contributed by atoms with E-state index in [4.69, 9.17) is 0 Å². The van der Waals surface area contributed by atoms with E-state index >= 15 is 0 Å². The highest BCUT2D eigenvalue weighted by molar-refractivity contribution is 5.94. The molecule has 1 N–H and O–H groups in total. The fraction of sp³-hybridized carbons (Fsp3) is 0.462. The van der Waals surface area contributed by atoms with E-state index in [1.807, 2.05) is 0 Å². The van der Waals surface area contributed by atoms with Gasteiger partial charge in [-0.15, -0.1) is 12.4 Å². The van der Waals surface area contributed by atoms with Gasteiger partial charge in [-0.25, -0.2) is 4.39 Å². The lowest BCUT2D eigenvalue weighted by atomic mass is 10.1. The van der Waals surface area contributed by atoms with Crippen LogP contribution in [0.1, 0.15) is 23.2 Å². The van der Waals surface area contributed by atoms with Crippen molar-refractivity contribution in [1.82, 2.24) is 10.2 Å². The number of nitrogens with zero attached hydrogens (tertiary/aromatic N) is 1. The van der Waals surface area contributed by atoms with E-state index in [1.165, 1.54) is 12.1 Å². The Morgan fingerprint density at radius 2 is 2.17 bits per heavy atom. The molecule has 0 aliphatic carbocycles. The van der Waals surface area contributed by atoms with Crippen LogP contribution in [0.5, 0.6) is 0 Å². The minimum atomic E-state index is -0.451. The molecule has 1 aliphatic heterocycles. The number of nitrogens with one attached hydrogen (secondary N) is 1. The third kappa shape index (κ3) is 3.21. The van der Waals surface area contributed by atoms with Crippen molar-refractivity contribution in [2.24, 2.45) is 0 Å². The zero-order valence-corrected chi connectivity index (χ0v) is 11.2. The topological polar surface area (TPSA) is 32.3 Å². The van der Waals surface area contributed by atoms with Gasteiger partial charge in [0.2, 0.25) is 0 Å². The SMILES string of the molecule is CN(C(=O)c1ccccc1F)C1CCCNC1.Cl. The number of piperidine rings is 1. The van der Waals surface area contributed by atoms with Crippen LogP contribution in [0.15, 0.2) is 24.3 Å². The van der Waals surface area contributed by atoms with Gasteiger partial charge in [-0.3, -0.25) is 4.79 Å². The van der Waals surface area contributed by atoms with Crippen LogP contribution in [0.3, 0.4) is 0 Å². The van der Waals surface area contributed by atoms with Gasteiger partial charge in [0, 0.05) is 19.6 Å². The lowest BCUT2D eigenvalue weighted by molar-refractivity contribution is 0.0703.